The smallest absolute Gasteiger partial charge is 0.259 e. The lowest BCUT2D eigenvalue weighted by Crippen LogP contribution is -2.57. The van der Waals surface area contributed by atoms with Crippen LogP contribution in [0.4, 0.5) is 5.69 Å². The second kappa shape index (κ2) is 4.65. The van der Waals surface area contributed by atoms with E-state index >= 15 is 0 Å². The average molecular weight is 309 g/mol. The molecule has 0 saturated heterocycles. The number of carbonyl (C=O) groups is 1. The normalized spacial score (nSPS) is 29.5. The molecule has 2 N–H and O–H groups in total. The average Bonchev–Trinajstić information content (AvgIpc) is 2.81. The minimum Gasteiger partial charge on any atom is -0.357 e. The lowest BCUT2D eigenvalue weighted by atomic mass is 9.69. The van der Waals surface area contributed by atoms with Crippen molar-refractivity contribution in [1.82, 2.24) is 5.32 Å². The van der Waals surface area contributed by atoms with E-state index in [0.29, 0.717) is 4.99 Å². The van der Waals surface area contributed by atoms with Crippen LogP contribution in [0.3, 0.4) is 0 Å². The van der Waals surface area contributed by atoms with E-state index in [9.17, 15) is 10.1 Å². The summed E-state index contributed by atoms with van der Waals surface area (Å²) < 4.78 is 0. The van der Waals surface area contributed by atoms with Crippen molar-refractivity contribution in [1.29, 1.82) is 5.26 Å². The quantitative estimate of drug-likeness (QED) is 0.571. The number of benzene rings is 1. The highest BCUT2D eigenvalue weighted by Crippen LogP contribution is 2.49. The van der Waals surface area contributed by atoms with Gasteiger partial charge in [0.1, 0.15) is 5.92 Å². The first-order valence-corrected chi connectivity index (χ1v) is 7.94. The third kappa shape index (κ3) is 1.56. The number of nitriles is 1. The van der Waals surface area contributed by atoms with Crippen LogP contribution in [0.2, 0.25) is 0 Å². The Morgan fingerprint density at radius 1 is 1.27 bits per heavy atom. The van der Waals surface area contributed by atoms with Gasteiger partial charge in [-0.2, -0.15) is 5.26 Å². The topological polar surface area (TPSA) is 64.9 Å². The number of nitrogens with one attached hydrogen (secondary N) is 2. The minimum atomic E-state index is -0.906. The second-order valence-electron chi connectivity index (χ2n) is 6.01. The lowest BCUT2D eigenvalue weighted by molar-refractivity contribution is -0.120. The third-order valence-electron chi connectivity index (χ3n) is 4.93. The summed E-state index contributed by atoms with van der Waals surface area (Å²) in [5.74, 6) is -0.474. The van der Waals surface area contributed by atoms with E-state index in [4.69, 9.17) is 12.2 Å². The maximum Gasteiger partial charge on any atom is 0.259 e. The lowest BCUT2D eigenvalue weighted by Gasteiger charge is -2.42. The summed E-state index contributed by atoms with van der Waals surface area (Å²) in [4.78, 5) is 13.3. The van der Waals surface area contributed by atoms with Crippen LogP contribution in [0.1, 0.15) is 31.2 Å². The number of rotatable bonds is 0. The van der Waals surface area contributed by atoms with Crippen molar-refractivity contribution in [3.63, 3.8) is 0 Å². The van der Waals surface area contributed by atoms with Crippen LogP contribution in [0.25, 0.3) is 0 Å². The zero-order valence-electron chi connectivity index (χ0n) is 12.0. The summed E-state index contributed by atoms with van der Waals surface area (Å²) in [5, 5.41) is 15.7. The molecule has 0 unspecified atom stereocenters. The molecule has 1 amide bonds. The molecular weight excluding hydrogens is 294 g/mol. The van der Waals surface area contributed by atoms with Crippen molar-refractivity contribution >= 4 is 28.8 Å². The fourth-order valence-corrected chi connectivity index (χ4v) is 4.33. The van der Waals surface area contributed by atoms with E-state index in [1.165, 1.54) is 0 Å². The molecule has 1 spiro atoms. The largest absolute Gasteiger partial charge is 0.357 e. The number of fused-ring (bicyclic) bond motifs is 3. The number of nitrogens with zero attached hydrogens (tertiary/aromatic N) is 1. The Morgan fingerprint density at radius 2 is 2.05 bits per heavy atom. The number of para-hydroxylation sites is 1. The molecule has 5 heteroatoms. The molecule has 0 saturated carbocycles. The SMILES string of the molecule is N#C[C@@H]1C(=S)N[C@@]2(C(=O)Nc3ccccc32)C2=C1CCCC2. The fourth-order valence-electron chi connectivity index (χ4n) is 3.98. The number of hydrogen-bond acceptors (Lipinski definition) is 3. The first-order valence-electron chi connectivity index (χ1n) is 7.53. The maximum absolute atomic E-state index is 12.9. The summed E-state index contributed by atoms with van der Waals surface area (Å²) in [6.45, 7) is 0. The molecule has 110 valence electrons. The van der Waals surface area contributed by atoms with Crippen molar-refractivity contribution in [3.05, 3.63) is 41.0 Å². The second-order valence-corrected chi connectivity index (χ2v) is 6.45. The Labute approximate surface area is 134 Å². The van der Waals surface area contributed by atoms with E-state index in [1.807, 2.05) is 24.3 Å². The molecule has 4 nitrogen and oxygen atoms in total. The molecule has 2 heterocycles. The zero-order valence-corrected chi connectivity index (χ0v) is 12.8. The molecule has 4 rings (SSSR count). The Morgan fingerprint density at radius 3 is 2.86 bits per heavy atom. The van der Waals surface area contributed by atoms with E-state index in [2.05, 4.69) is 16.7 Å². The van der Waals surface area contributed by atoms with E-state index in [-0.39, 0.29) is 5.91 Å². The molecule has 1 aromatic rings. The molecule has 0 bridgehead atoms. The van der Waals surface area contributed by atoms with Gasteiger partial charge < -0.3 is 10.6 Å². The van der Waals surface area contributed by atoms with Crippen LogP contribution in [-0.4, -0.2) is 10.9 Å². The Bertz CT molecular complexity index is 776. The standard InChI is InChI=1S/C17H15N3OS/c18-9-11-10-5-1-2-6-12(10)17(20-15(11)22)13-7-3-4-8-14(13)19-16(17)21/h3-4,7-8,11H,1-2,5-6H2,(H,19,21)(H,20,22)/t11-,17-/m0/s1. The van der Waals surface area contributed by atoms with Crippen molar-refractivity contribution in [2.24, 2.45) is 5.92 Å². The van der Waals surface area contributed by atoms with Crippen molar-refractivity contribution in [2.75, 3.05) is 5.32 Å². The molecule has 0 fully saturated rings. The Hall–Kier alpha value is -2.19. The van der Waals surface area contributed by atoms with Gasteiger partial charge >= 0.3 is 0 Å². The first kappa shape index (κ1) is 13.5. The van der Waals surface area contributed by atoms with E-state index in [1.54, 1.807) is 0 Å². The van der Waals surface area contributed by atoms with Gasteiger partial charge in [-0.05, 0) is 42.9 Å². The van der Waals surface area contributed by atoms with Gasteiger partial charge in [0.05, 0.1) is 11.1 Å². The number of anilines is 1. The number of carbonyl (C=O) groups excluding carboxylic acids is 1. The van der Waals surface area contributed by atoms with Crippen LogP contribution in [0.5, 0.6) is 0 Å². The number of hydrogen-bond donors (Lipinski definition) is 2. The highest BCUT2D eigenvalue weighted by atomic mass is 32.1. The summed E-state index contributed by atoms with van der Waals surface area (Å²) in [6, 6.07) is 10.0. The summed E-state index contributed by atoms with van der Waals surface area (Å²) in [6.07, 6.45) is 3.79. The minimum absolute atomic E-state index is 0.0816. The summed E-state index contributed by atoms with van der Waals surface area (Å²) in [5.41, 5.74) is 2.96. The van der Waals surface area contributed by atoms with Crippen LogP contribution >= 0.6 is 12.2 Å². The van der Waals surface area contributed by atoms with Gasteiger partial charge in [-0.1, -0.05) is 30.4 Å². The van der Waals surface area contributed by atoms with Gasteiger partial charge in [0.15, 0.2) is 5.54 Å². The molecule has 0 radical (unpaired) electrons. The first-order chi connectivity index (χ1) is 10.7. The Balaban J connectivity index is 2.01. The van der Waals surface area contributed by atoms with Crippen molar-refractivity contribution < 1.29 is 4.79 Å². The van der Waals surface area contributed by atoms with Crippen LogP contribution in [-0.2, 0) is 10.3 Å². The predicted octanol–water partition coefficient (Wildman–Crippen LogP) is 2.77. The van der Waals surface area contributed by atoms with E-state index < -0.39 is 11.5 Å². The van der Waals surface area contributed by atoms with Gasteiger partial charge in [0.25, 0.3) is 5.91 Å². The van der Waals surface area contributed by atoms with Gasteiger partial charge in [0, 0.05) is 11.3 Å². The molecule has 2 aliphatic heterocycles. The number of thiocarbonyl (C=S) groups is 1. The highest BCUT2D eigenvalue weighted by Gasteiger charge is 2.54. The monoisotopic (exact) mass is 309 g/mol. The van der Waals surface area contributed by atoms with Gasteiger partial charge in [-0.3, -0.25) is 4.79 Å². The molecular formula is C17H15N3OS. The van der Waals surface area contributed by atoms with Gasteiger partial charge in [0.2, 0.25) is 0 Å². The molecule has 1 aliphatic carbocycles. The molecule has 0 aromatic heterocycles. The third-order valence-corrected chi connectivity index (χ3v) is 5.27. The highest BCUT2D eigenvalue weighted by molar-refractivity contribution is 7.80. The summed E-state index contributed by atoms with van der Waals surface area (Å²) >= 11 is 5.44. The molecule has 1 aromatic carbocycles. The Kier molecular flexibility index (Phi) is 2.85. The molecule has 3 aliphatic rings. The van der Waals surface area contributed by atoms with E-state index in [0.717, 1.165) is 48.1 Å². The van der Waals surface area contributed by atoms with Crippen LogP contribution in [0.15, 0.2) is 35.4 Å². The number of amides is 1. The van der Waals surface area contributed by atoms with Crippen LogP contribution in [0, 0.1) is 17.2 Å². The zero-order chi connectivity index (χ0) is 15.3. The van der Waals surface area contributed by atoms with Crippen molar-refractivity contribution in [3.8, 4) is 6.07 Å². The van der Waals surface area contributed by atoms with Gasteiger partial charge in [-0.15, -0.1) is 0 Å². The van der Waals surface area contributed by atoms with Crippen LogP contribution < -0.4 is 10.6 Å². The molecule has 22 heavy (non-hydrogen) atoms. The fraction of sp³-hybridized carbons (Fsp3) is 0.353. The van der Waals surface area contributed by atoms with Crippen molar-refractivity contribution in [2.45, 2.75) is 31.2 Å². The predicted molar refractivity (Wildman–Crippen MR) is 87.1 cm³/mol. The summed E-state index contributed by atoms with van der Waals surface area (Å²) in [7, 11) is 0. The molecule has 2 atom stereocenters. The van der Waals surface area contributed by atoms with Gasteiger partial charge in [-0.25, -0.2) is 0 Å². The maximum atomic E-state index is 12.9.